The standard InChI is InChI=1S/C21H28N6/c1-15-11-26(12-16-8-6-5-7-9-16)13-18(15)25-19-17-10-24-27(21(2,3)4)20(17)23-14-22-19/h5-10,14-15,18H,11-13H2,1-4H3,(H,22,23,25). The highest BCUT2D eigenvalue weighted by Crippen LogP contribution is 2.27. The van der Waals surface area contributed by atoms with Gasteiger partial charge in [-0.15, -0.1) is 0 Å². The molecule has 1 N–H and O–H groups in total. The Morgan fingerprint density at radius 1 is 1.11 bits per heavy atom. The van der Waals surface area contributed by atoms with Crippen molar-refractivity contribution in [3.63, 3.8) is 0 Å². The van der Waals surface area contributed by atoms with Crippen molar-refractivity contribution in [2.75, 3.05) is 18.4 Å². The first-order chi connectivity index (χ1) is 12.9. The third kappa shape index (κ3) is 3.67. The van der Waals surface area contributed by atoms with E-state index in [4.69, 9.17) is 0 Å². The molecule has 2 atom stereocenters. The molecule has 0 spiro atoms. The second-order valence-electron chi connectivity index (χ2n) is 8.59. The third-order valence-corrected chi connectivity index (χ3v) is 5.26. The number of rotatable bonds is 4. The number of hydrogen-bond donors (Lipinski definition) is 1. The highest BCUT2D eigenvalue weighted by atomic mass is 15.3. The second kappa shape index (κ2) is 6.93. The van der Waals surface area contributed by atoms with Gasteiger partial charge in [-0.1, -0.05) is 37.3 Å². The van der Waals surface area contributed by atoms with Crippen LogP contribution in [0.5, 0.6) is 0 Å². The number of hydrogen-bond acceptors (Lipinski definition) is 5. The van der Waals surface area contributed by atoms with E-state index in [-0.39, 0.29) is 5.54 Å². The molecule has 2 unspecified atom stereocenters. The topological polar surface area (TPSA) is 58.9 Å². The van der Waals surface area contributed by atoms with Crippen LogP contribution in [0, 0.1) is 5.92 Å². The zero-order valence-corrected chi connectivity index (χ0v) is 16.6. The van der Waals surface area contributed by atoms with Gasteiger partial charge in [0.2, 0.25) is 0 Å². The molecule has 6 nitrogen and oxygen atoms in total. The second-order valence-corrected chi connectivity index (χ2v) is 8.59. The molecule has 1 aliphatic heterocycles. The summed E-state index contributed by atoms with van der Waals surface area (Å²) in [6.07, 6.45) is 3.51. The van der Waals surface area contributed by atoms with Gasteiger partial charge in [0.1, 0.15) is 12.1 Å². The lowest BCUT2D eigenvalue weighted by atomic mass is 10.1. The molecule has 1 saturated heterocycles. The van der Waals surface area contributed by atoms with Crippen molar-refractivity contribution in [3.8, 4) is 0 Å². The first-order valence-corrected chi connectivity index (χ1v) is 9.64. The monoisotopic (exact) mass is 364 g/mol. The van der Waals surface area contributed by atoms with Gasteiger partial charge < -0.3 is 5.32 Å². The van der Waals surface area contributed by atoms with Crippen molar-refractivity contribution in [1.29, 1.82) is 0 Å². The van der Waals surface area contributed by atoms with Crippen LogP contribution < -0.4 is 5.32 Å². The van der Waals surface area contributed by atoms with Crippen molar-refractivity contribution in [3.05, 3.63) is 48.4 Å². The average molecular weight is 364 g/mol. The zero-order valence-electron chi connectivity index (χ0n) is 16.6. The lowest BCUT2D eigenvalue weighted by molar-refractivity contribution is 0.319. The van der Waals surface area contributed by atoms with E-state index in [0.29, 0.717) is 12.0 Å². The summed E-state index contributed by atoms with van der Waals surface area (Å²) in [6.45, 7) is 11.8. The van der Waals surface area contributed by atoms with Gasteiger partial charge in [0.15, 0.2) is 5.65 Å². The summed E-state index contributed by atoms with van der Waals surface area (Å²) in [5.41, 5.74) is 2.13. The Labute approximate surface area is 160 Å². The molecule has 4 rings (SSSR count). The minimum Gasteiger partial charge on any atom is -0.365 e. The number of likely N-dealkylation sites (tertiary alicyclic amines) is 1. The average Bonchev–Trinajstić information content (AvgIpc) is 3.20. The SMILES string of the molecule is CC1CN(Cc2ccccc2)CC1Nc1ncnc2c1cnn2C(C)(C)C. The van der Waals surface area contributed by atoms with Gasteiger partial charge in [0, 0.05) is 25.7 Å². The fraction of sp³-hybridized carbons (Fsp3) is 0.476. The first kappa shape index (κ1) is 17.9. The smallest absolute Gasteiger partial charge is 0.163 e. The normalized spacial score (nSPS) is 21.0. The maximum absolute atomic E-state index is 4.56. The summed E-state index contributed by atoms with van der Waals surface area (Å²) in [7, 11) is 0. The van der Waals surface area contributed by atoms with Crippen LogP contribution in [0.1, 0.15) is 33.3 Å². The summed E-state index contributed by atoms with van der Waals surface area (Å²) < 4.78 is 1.97. The quantitative estimate of drug-likeness (QED) is 0.768. The van der Waals surface area contributed by atoms with Gasteiger partial charge in [-0.05, 0) is 32.3 Å². The predicted octanol–water partition coefficient (Wildman–Crippen LogP) is 3.51. The first-order valence-electron chi connectivity index (χ1n) is 9.64. The zero-order chi connectivity index (χ0) is 19.0. The molecule has 0 radical (unpaired) electrons. The minimum atomic E-state index is -0.111. The van der Waals surface area contributed by atoms with E-state index in [9.17, 15) is 0 Å². The molecule has 3 aromatic rings. The van der Waals surface area contributed by atoms with E-state index < -0.39 is 0 Å². The summed E-state index contributed by atoms with van der Waals surface area (Å²) in [5, 5.41) is 9.21. The summed E-state index contributed by atoms with van der Waals surface area (Å²) in [6, 6.07) is 11.0. The number of aromatic nitrogens is 4. The van der Waals surface area contributed by atoms with Crippen molar-refractivity contribution >= 4 is 16.9 Å². The van der Waals surface area contributed by atoms with Crippen LogP contribution in [0.3, 0.4) is 0 Å². The Morgan fingerprint density at radius 2 is 1.89 bits per heavy atom. The van der Waals surface area contributed by atoms with Gasteiger partial charge in [-0.2, -0.15) is 5.10 Å². The number of fused-ring (bicyclic) bond motifs is 1. The molecule has 3 heterocycles. The van der Waals surface area contributed by atoms with Crippen molar-refractivity contribution in [1.82, 2.24) is 24.6 Å². The number of nitrogens with one attached hydrogen (secondary N) is 1. The Hall–Kier alpha value is -2.47. The molecule has 6 heteroatoms. The van der Waals surface area contributed by atoms with Crippen molar-refractivity contribution in [2.45, 2.75) is 45.8 Å². The molecular weight excluding hydrogens is 336 g/mol. The fourth-order valence-electron chi connectivity index (χ4n) is 3.85. The van der Waals surface area contributed by atoms with Gasteiger partial charge in [0.05, 0.1) is 17.1 Å². The van der Waals surface area contributed by atoms with Gasteiger partial charge in [-0.3, -0.25) is 4.90 Å². The van der Waals surface area contributed by atoms with Crippen molar-refractivity contribution < 1.29 is 0 Å². The molecule has 0 bridgehead atoms. The van der Waals surface area contributed by atoms with E-state index in [0.717, 1.165) is 36.5 Å². The van der Waals surface area contributed by atoms with E-state index >= 15 is 0 Å². The van der Waals surface area contributed by atoms with Crippen LogP contribution in [0.25, 0.3) is 11.0 Å². The Balaban J connectivity index is 1.52. The van der Waals surface area contributed by atoms with Crippen molar-refractivity contribution in [2.24, 2.45) is 5.92 Å². The molecule has 1 fully saturated rings. The van der Waals surface area contributed by atoms with Crippen LogP contribution in [0.4, 0.5) is 5.82 Å². The largest absolute Gasteiger partial charge is 0.365 e. The lowest BCUT2D eigenvalue weighted by Crippen LogP contribution is -2.28. The van der Waals surface area contributed by atoms with Gasteiger partial charge >= 0.3 is 0 Å². The van der Waals surface area contributed by atoms with E-state index in [2.05, 4.69) is 83.3 Å². The third-order valence-electron chi connectivity index (χ3n) is 5.26. The van der Waals surface area contributed by atoms with Crippen LogP contribution in [-0.2, 0) is 12.1 Å². The Kier molecular flexibility index (Phi) is 4.60. The molecule has 1 aromatic carbocycles. The molecule has 0 amide bonds. The van der Waals surface area contributed by atoms with Crippen LogP contribution in [0.2, 0.25) is 0 Å². The van der Waals surface area contributed by atoms with Crippen LogP contribution in [0.15, 0.2) is 42.9 Å². The highest BCUT2D eigenvalue weighted by molar-refractivity contribution is 5.86. The maximum Gasteiger partial charge on any atom is 0.163 e. The molecule has 0 aliphatic carbocycles. The highest BCUT2D eigenvalue weighted by Gasteiger charge is 2.30. The number of anilines is 1. The lowest BCUT2D eigenvalue weighted by Gasteiger charge is -2.20. The Morgan fingerprint density at radius 3 is 2.63 bits per heavy atom. The predicted molar refractivity (Wildman–Crippen MR) is 109 cm³/mol. The fourth-order valence-corrected chi connectivity index (χ4v) is 3.85. The molecule has 2 aromatic heterocycles. The number of benzene rings is 1. The molecule has 142 valence electrons. The van der Waals surface area contributed by atoms with E-state index in [1.807, 2.05) is 10.9 Å². The van der Waals surface area contributed by atoms with Crippen LogP contribution >= 0.6 is 0 Å². The number of nitrogens with zero attached hydrogens (tertiary/aromatic N) is 5. The minimum absolute atomic E-state index is 0.111. The Bertz CT molecular complexity index is 911. The molecule has 1 aliphatic rings. The maximum atomic E-state index is 4.56. The summed E-state index contributed by atoms with van der Waals surface area (Å²) in [4.78, 5) is 11.5. The molecule has 27 heavy (non-hydrogen) atoms. The van der Waals surface area contributed by atoms with Gasteiger partial charge in [0.25, 0.3) is 0 Å². The van der Waals surface area contributed by atoms with Crippen LogP contribution in [-0.4, -0.2) is 43.8 Å². The molecule has 0 saturated carbocycles. The van der Waals surface area contributed by atoms with E-state index in [1.54, 1.807) is 6.33 Å². The summed E-state index contributed by atoms with van der Waals surface area (Å²) >= 11 is 0. The van der Waals surface area contributed by atoms with Gasteiger partial charge in [-0.25, -0.2) is 14.6 Å². The summed E-state index contributed by atoms with van der Waals surface area (Å²) in [5.74, 6) is 1.44. The molecular formula is C21H28N6. The van der Waals surface area contributed by atoms with E-state index in [1.165, 1.54) is 5.56 Å².